The van der Waals surface area contributed by atoms with Crippen molar-refractivity contribution in [2.24, 2.45) is 0 Å². The number of hydrogen-bond donors (Lipinski definition) is 2. The Hall–Kier alpha value is -3.26. The Kier molecular flexibility index (Phi) is 6.70. The molecule has 3 rings (SSSR count). The summed E-state index contributed by atoms with van der Waals surface area (Å²) in [5.41, 5.74) is 1.65. The fourth-order valence-corrected chi connectivity index (χ4v) is 4.32. The van der Waals surface area contributed by atoms with E-state index in [1.165, 1.54) is 24.3 Å². The summed E-state index contributed by atoms with van der Waals surface area (Å²) >= 11 is 0. The Morgan fingerprint density at radius 2 is 1.52 bits per heavy atom. The molecule has 0 spiro atoms. The van der Waals surface area contributed by atoms with Gasteiger partial charge in [0.05, 0.1) is 21.8 Å². The summed E-state index contributed by atoms with van der Waals surface area (Å²) in [6.07, 6.45) is 1.25. The third-order valence-corrected chi connectivity index (χ3v) is 6.20. The number of hydrogen-bond acceptors (Lipinski definition) is 3. The second-order valence-corrected chi connectivity index (χ2v) is 8.52. The largest absolute Gasteiger partial charge is 0.319 e. The van der Waals surface area contributed by atoms with Crippen LogP contribution in [0.3, 0.4) is 0 Å². The van der Waals surface area contributed by atoms with Gasteiger partial charge >= 0.3 is 0 Å². The predicted molar refractivity (Wildman–Crippen MR) is 117 cm³/mol. The van der Waals surface area contributed by atoms with Gasteiger partial charge in [0.25, 0.3) is 15.9 Å². The number of rotatable bonds is 7. The normalized spacial score (nSPS) is 11.2. The summed E-state index contributed by atoms with van der Waals surface area (Å²) < 4.78 is 56.7. The van der Waals surface area contributed by atoms with Crippen LogP contribution in [-0.4, -0.2) is 14.3 Å². The zero-order chi connectivity index (χ0) is 22.6. The maximum atomic E-state index is 14.6. The molecule has 0 unspecified atom stereocenters. The standard InChI is InChI=1S/C23H22F2N2O3S/c1-3-15-8-7-9-16(4-2)22(15)27-31(29,30)17-12-13-21(20(25)14-17)26-23(28)18-10-5-6-11-19(18)24/h5-14,27H,3-4H2,1-2H3,(H,26,28). The Balaban J connectivity index is 1.87. The number of carbonyl (C=O) groups excluding carboxylic acids is 1. The molecule has 0 saturated carbocycles. The molecule has 0 atom stereocenters. The quantitative estimate of drug-likeness (QED) is 0.530. The molecule has 0 aromatic heterocycles. The molecular weight excluding hydrogens is 422 g/mol. The van der Waals surface area contributed by atoms with Gasteiger partial charge in [-0.05, 0) is 54.3 Å². The summed E-state index contributed by atoms with van der Waals surface area (Å²) in [4.78, 5) is 11.9. The molecule has 0 radical (unpaired) electrons. The molecule has 0 aliphatic rings. The number of amides is 1. The number of benzene rings is 3. The van der Waals surface area contributed by atoms with Crippen molar-refractivity contribution >= 4 is 27.3 Å². The molecule has 1 amide bonds. The SMILES string of the molecule is CCc1cccc(CC)c1NS(=O)(=O)c1ccc(NC(=O)c2ccccc2F)c(F)c1. The first kappa shape index (κ1) is 22.4. The summed E-state index contributed by atoms with van der Waals surface area (Å²) in [5.74, 6) is -2.53. The summed E-state index contributed by atoms with van der Waals surface area (Å²) in [7, 11) is -4.07. The Bertz CT molecular complexity index is 1200. The van der Waals surface area contributed by atoms with E-state index in [2.05, 4.69) is 10.0 Å². The van der Waals surface area contributed by atoms with E-state index >= 15 is 0 Å². The molecule has 0 aliphatic carbocycles. The topological polar surface area (TPSA) is 75.3 Å². The molecule has 0 heterocycles. The zero-order valence-corrected chi connectivity index (χ0v) is 17.9. The van der Waals surface area contributed by atoms with Crippen LogP contribution in [0, 0.1) is 11.6 Å². The third-order valence-electron chi connectivity index (χ3n) is 4.85. The first-order chi connectivity index (χ1) is 14.8. The second kappa shape index (κ2) is 9.26. The molecule has 5 nitrogen and oxygen atoms in total. The van der Waals surface area contributed by atoms with Gasteiger partial charge in [-0.1, -0.05) is 44.2 Å². The smallest absolute Gasteiger partial charge is 0.262 e. The zero-order valence-electron chi connectivity index (χ0n) is 17.1. The average Bonchev–Trinajstić information content (AvgIpc) is 2.75. The first-order valence-corrected chi connectivity index (χ1v) is 11.2. The van der Waals surface area contributed by atoms with E-state index in [4.69, 9.17) is 0 Å². The van der Waals surface area contributed by atoms with Gasteiger partial charge < -0.3 is 5.32 Å². The maximum absolute atomic E-state index is 14.6. The minimum absolute atomic E-state index is 0.247. The molecular formula is C23H22F2N2O3S. The molecule has 0 saturated heterocycles. The highest BCUT2D eigenvalue weighted by atomic mass is 32.2. The van der Waals surface area contributed by atoms with Crippen molar-refractivity contribution in [1.29, 1.82) is 0 Å². The fraction of sp³-hybridized carbons (Fsp3) is 0.174. The van der Waals surface area contributed by atoms with Crippen LogP contribution in [0.4, 0.5) is 20.2 Å². The average molecular weight is 445 g/mol. The van der Waals surface area contributed by atoms with Crippen molar-refractivity contribution in [3.8, 4) is 0 Å². The van der Waals surface area contributed by atoms with E-state index < -0.39 is 27.6 Å². The Labute approximate surface area is 180 Å². The number of halogens is 2. The van der Waals surface area contributed by atoms with Gasteiger partial charge in [-0.15, -0.1) is 0 Å². The van der Waals surface area contributed by atoms with Crippen LogP contribution in [0.25, 0.3) is 0 Å². The third kappa shape index (κ3) is 4.91. The highest BCUT2D eigenvalue weighted by Crippen LogP contribution is 2.27. The lowest BCUT2D eigenvalue weighted by molar-refractivity contribution is 0.102. The lowest BCUT2D eigenvalue weighted by Crippen LogP contribution is -2.17. The predicted octanol–water partition coefficient (Wildman–Crippen LogP) is 5.14. The van der Waals surface area contributed by atoms with Crippen LogP contribution >= 0.6 is 0 Å². The van der Waals surface area contributed by atoms with E-state index in [-0.39, 0.29) is 16.1 Å². The van der Waals surface area contributed by atoms with Crippen LogP contribution in [-0.2, 0) is 22.9 Å². The second-order valence-electron chi connectivity index (χ2n) is 6.84. The number of carbonyl (C=O) groups is 1. The summed E-state index contributed by atoms with van der Waals surface area (Å²) in [6.45, 7) is 3.83. The van der Waals surface area contributed by atoms with Crippen molar-refractivity contribution in [2.75, 3.05) is 10.0 Å². The van der Waals surface area contributed by atoms with Gasteiger partial charge in [0, 0.05) is 0 Å². The monoisotopic (exact) mass is 444 g/mol. The lowest BCUT2D eigenvalue weighted by atomic mass is 10.0. The number of aryl methyl sites for hydroxylation is 2. The highest BCUT2D eigenvalue weighted by Gasteiger charge is 2.20. The maximum Gasteiger partial charge on any atom is 0.262 e. The summed E-state index contributed by atoms with van der Waals surface area (Å²) in [5, 5.41) is 2.26. The number of anilines is 2. The Morgan fingerprint density at radius 3 is 2.10 bits per heavy atom. The lowest BCUT2D eigenvalue weighted by Gasteiger charge is -2.16. The minimum atomic E-state index is -4.07. The van der Waals surface area contributed by atoms with Gasteiger partial charge in [-0.25, -0.2) is 17.2 Å². The summed E-state index contributed by atoms with van der Waals surface area (Å²) in [6, 6.07) is 14.0. The van der Waals surface area contributed by atoms with Crippen molar-refractivity contribution in [1.82, 2.24) is 0 Å². The van der Waals surface area contributed by atoms with Crippen molar-refractivity contribution in [3.63, 3.8) is 0 Å². The van der Waals surface area contributed by atoms with E-state index in [0.29, 0.717) is 18.5 Å². The van der Waals surface area contributed by atoms with Gasteiger partial charge in [0.15, 0.2) is 0 Å². The van der Waals surface area contributed by atoms with Crippen LogP contribution in [0.15, 0.2) is 65.6 Å². The number of para-hydroxylation sites is 1. The highest BCUT2D eigenvalue weighted by molar-refractivity contribution is 7.92. The van der Waals surface area contributed by atoms with Crippen LogP contribution in [0.1, 0.15) is 35.3 Å². The number of nitrogens with one attached hydrogen (secondary N) is 2. The number of sulfonamides is 1. The molecule has 2 N–H and O–H groups in total. The van der Waals surface area contributed by atoms with Gasteiger partial charge in [0.2, 0.25) is 0 Å². The van der Waals surface area contributed by atoms with Crippen LogP contribution in [0.2, 0.25) is 0 Å². The van der Waals surface area contributed by atoms with Gasteiger partial charge in [-0.2, -0.15) is 0 Å². The van der Waals surface area contributed by atoms with Gasteiger partial charge in [0.1, 0.15) is 11.6 Å². The van der Waals surface area contributed by atoms with Crippen molar-refractivity contribution in [2.45, 2.75) is 31.6 Å². The molecule has 3 aromatic carbocycles. The van der Waals surface area contributed by atoms with E-state index in [1.54, 1.807) is 0 Å². The molecule has 31 heavy (non-hydrogen) atoms. The van der Waals surface area contributed by atoms with Crippen LogP contribution < -0.4 is 10.0 Å². The molecule has 0 fully saturated rings. The van der Waals surface area contributed by atoms with Crippen molar-refractivity contribution in [3.05, 3.63) is 89.0 Å². The molecule has 3 aromatic rings. The minimum Gasteiger partial charge on any atom is -0.319 e. The molecule has 162 valence electrons. The van der Waals surface area contributed by atoms with Gasteiger partial charge in [-0.3, -0.25) is 9.52 Å². The Morgan fingerprint density at radius 1 is 0.871 bits per heavy atom. The molecule has 0 bridgehead atoms. The van der Waals surface area contributed by atoms with E-state index in [1.807, 2.05) is 32.0 Å². The van der Waals surface area contributed by atoms with E-state index in [0.717, 1.165) is 29.3 Å². The van der Waals surface area contributed by atoms with E-state index in [9.17, 15) is 22.0 Å². The van der Waals surface area contributed by atoms with Crippen molar-refractivity contribution < 1.29 is 22.0 Å². The fourth-order valence-electron chi connectivity index (χ4n) is 3.17. The molecule has 8 heteroatoms. The molecule has 0 aliphatic heterocycles. The van der Waals surface area contributed by atoms with Crippen LogP contribution in [0.5, 0.6) is 0 Å². The first-order valence-electron chi connectivity index (χ1n) is 9.75.